The van der Waals surface area contributed by atoms with Gasteiger partial charge in [-0.1, -0.05) is 158 Å². The van der Waals surface area contributed by atoms with Gasteiger partial charge in [0.1, 0.15) is 22.3 Å². The average molecular weight is 973 g/mol. The van der Waals surface area contributed by atoms with Gasteiger partial charge in [0.05, 0.1) is 27.8 Å². The quantitative estimate of drug-likeness (QED) is 0.158. The van der Waals surface area contributed by atoms with E-state index in [9.17, 15) is 0 Å². The van der Waals surface area contributed by atoms with Gasteiger partial charge in [-0.3, -0.25) is 4.98 Å². The Morgan fingerprint density at radius 1 is 0.289 bits per heavy atom. The van der Waals surface area contributed by atoms with Crippen LogP contribution in [0.2, 0.25) is 0 Å². The number of nitrogens with zero attached hydrogens (tertiary/aromatic N) is 6. The van der Waals surface area contributed by atoms with E-state index in [1.165, 1.54) is 5.39 Å². The molecule has 10 aromatic carbocycles. The van der Waals surface area contributed by atoms with Crippen LogP contribution in [0.15, 0.2) is 252 Å². The fourth-order valence-corrected chi connectivity index (χ4v) is 11.6. The van der Waals surface area contributed by atoms with Gasteiger partial charge in [-0.15, -0.1) is 0 Å². The highest BCUT2D eigenvalue weighted by atomic mass is 16.3. The summed E-state index contributed by atoms with van der Waals surface area (Å²) in [5.74, 6) is 1.61. The number of aromatic nitrogens is 6. The van der Waals surface area contributed by atoms with Crippen molar-refractivity contribution in [3.63, 3.8) is 0 Å². The fraction of sp³-hybridized carbons (Fsp3) is 0. The van der Waals surface area contributed by atoms with Crippen molar-refractivity contribution in [3.05, 3.63) is 243 Å². The van der Waals surface area contributed by atoms with E-state index >= 15 is 0 Å². The molecule has 8 heteroatoms. The molecular formula is C68H40N6O2. The molecule has 0 fully saturated rings. The van der Waals surface area contributed by atoms with E-state index in [1.54, 1.807) is 0 Å². The zero-order chi connectivity index (χ0) is 49.8. The lowest BCUT2D eigenvalue weighted by Gasteiger charge is -2.14. The van der Waals surface area contributed by atoms with E-state index in [0.717, 1.165) is 127 Å². The Kier molecular flexibility index (Phi) is 9.17. The molecule has 16 aromatic rings. The van der Waals surface area contributed by atoms with Crippen LogP contribution in [0.3, 0.4) is 0 Å². The van der Waals surface area contributed by atoms with E-state index in [4.69, 9.17) is 28.8 Å². The zero-order valence-corrected chi connectivity index (χ0v) is 40.6. The van der Waals surface area contributed by atoms with Gasteiger partial charge >= 0.3 is 0 Å². The number of para-hydroxylation sites is 4. The average Bonchev–Trinajstić information content (AvgIpc) is 4.26. The third-order valence-electron chi connectivity index (χ3n) is 15.0. The normalized spacial score (nSPS) is 11.9. The second-order valence-corrected chi connectivity index (χ2v) is 19.3. The van der Waals surface area contributed by atoms with Gasteiger partial charge in [0.25, 0.3) is 0 Å². The van der Waals surface area contributed by atoms with Crippen molar-refractivity contribution in [2.24, 2.45) is 0 Å². The summed E-state index contributed by atoms with van der Waals surface area (Å²) in [6, 6.07) is 82.1. The van der Waals surface area contributed by atoms with Crippen LogP contribution < -0.4 is 0 Å². The zero-order valence-electron chi connectivity index (χ0n) is 40.6. The first-order valence-corrected chi connectivity index (χ1v) is 25.4. The Morgan fingerprint density at radius 2 is 0.737 bits per heavy atom. The highest BCUT2D eigenvalue weighted by Crippen LogP contribution is 2.46. The number of benzene rings is 10. The fourth-order valence-electron chi connectivity index (χ4n) is 11.6. The minimum atomic E-state index is 0.492. The largest absolute Gasteiger partial charge is 0.456 e. The highest BCUT2D eigenvalue weighted by Gasteiger charge is 2.25. The van der Waals surface area contributed by atoms with E-state index in [0.29, 0.717) is 23.2 Å². The third-order valence-corrected chi connectivity index (χ3v) is 15.0. The molecule has 0 amide bonds. The first kappa shape index (κ1) is 42.1. The maximum atomic E-state index is 6.86. The molecule has 6 aromatic heterocycles. The SMILES string of the molecule is c1ccc(-c2nc(-c3ccccc3)nc(-c3cc(-c4cccc5oc6cc7c8ccccc8n(-c8ccccc8)c7cc6c45)cnc3-c3cccc4oc5cc6c7ccccc7n(-c7ccccc7)c6cc5c34)n2)cc1. The van der Waals surface area contributed by atoms with Crippen molar-refractivity contribution in [1.82, 2.24) is 29.1 Å². The number of fused-ring (bicyclic) bond motifs is 12. The van der Waals surface area contributed by atoms with Crippen molar-refractivity contribution in [2.45, 2.75) is 0 Å². The molecule has 0 radical (unpaired) electrons. The van der Waals surface area contributed by atoms with Gasteiger partial charge in [0.15, 0.2) is 17.5 Å². The molecule has 0 spiro atoms. The van der Waals surface area contributed by atoms with Crippen molar-refractivity contribution in [2.75, 3.05) is 0 Å². The van der Waals surface area contributed by atoms with E-state index < -0.39 is 0 Å². The number of rotatable bonds is 7. The monoisotopic (exact) mass is 972 g/mol. The van der Waals surface area contributed by atoms with Crippen LogP contribution in [0, 0.1) is 0 Å². The Balaban J connectivity index is 0.973. The van der Waals surface area contributed by atoms with Crippen LogP contribution >= 0.6 is 0 Å². The Morgan fingerprint density at radius 3 is 1.26 bits per heavy atom. The molecule has 0 saturated heterocycles. The maximum Gasteiger partial charge on any atom is 0.166 e. The molecule has 0 bridgehead atoms. The molecule has 0 aliphatic rings. The topological polar surface area (TPSA) is 87.7 Å². The summed E-state index contributed by atoms with van der Waals surface area (Å²) in [4.78, 5) is 21.3. The first-order chi connectivity index (χ1) is 37.7. The molecule has 6 heterocycles. The molecule has 0 unspecified atom stereocenters. The smallest absolute Gasteiger partial charge is 0.166 e. The number of furan rings is 2. The van der Waals surface area contributed by atoms with Gasteiger partial charge < -0.3 is 18.0 Å². The summed E-state index contributed by atoms with van der Waals surface area (Å²) in [6.07, 6.45) is 1.98. The summed E-state index contributed by atoms with van der Waals surface area (Å²) in [5, 5.41) is 8.51. The lowest BCUT2D eigenvalue weighted by atomic mass is 9.95. The lowest BCUT2D eigenvalue weighted by molar-refractivity contribution is 0.669. The Labute approximate surface area is 434 Å². The number of hydrogen-bond donors (Lipinski definition) is 0. The van der Waals surface area contributed by atoms with Crippen LogP contribution in [0.25, 0.3) is 155 Å². The molecule has 354 valence electrons. The number of pyridine rings is 1. The Bertz CT molecular complexity index is 4920. The standard InChI is InChI=1S/C68H40N6O2/c1-5-19-41(20-6-1)66-70-67(42-21-7-2-8-22-42)72-68(71-66)54-35-43(46-29-17-33-59-63(46)52-36-57-50(38-61(52)75-59)47-27-13-15-31-55(47)73(57)44-23-9-3-10-24-44)40-69-65(54)49-30-18-34-60-64(49)53-37-58-51(39-62(53)76-60)48-28-14-16-32-56(48)74(58)45-25-11-4-12-26-45/h1-40H. The molecule has 0 aliphatic carbocycles. The summed E-state index contributed by atoms with van der Waals surface area (Å²) >= 11 is 0. The summed E-state index contributed by atoms with van der Waals surface area (Å²) in [7, 11) is 0. The minimum Gasteiger partial charge on any atom is -0.456 e. The predicted molar refractivity (Wildman–Crippen MR) is 308 cm³/mol. The Hall–Kier alpha value is -10.4. The van der Waals surface area contributed by atoms with Crippen molar-refractivity contribution in [3.8, 4) is 67.9 Å². The van der Waals surface area contributed by atoms with Crippen molar-refractivity contribution in [1.29, 1.82) is 0 Å². The van der Waals surface area contributed by atoms with Crippen molar-refractivity contribution >= 4 is 87.5 Å². The minimum absolute atomic E-state index is 0.492. The van der Waals surface area contributed by atoms with Gasteiger partial charge in [-0.25, -0.2) is 15.0 Å². The molecule has 0 atom stereocenters. The predicted octanol–water partition coefficient (Wildman–Crippen LogP) is 17.6. The second kappa shape index (κ2) is 16.5. The molecule has 16 rings (SSSR count). The van der Waals surface area contributed by atoms with E-state index in [1.807, 2.05) is 79.0 Å². The maximum absolute atomic E-state index is 6.86. The molecule has 0 aliphatic heterocycles. The summed E-state index contributed by atoms with van der Waals surface area (Å²) in [6.45, 7) is 0. The highest BCUT2D eigenvalue weighted by molar-refractivity contribution is 6.22. The molecule has 0 N–H and O–H groups in total. The number of hydrogen-bond acceptors (Lipinski definition) is 6. The molecule has 8 nitrogen and oxygen atoms in total. The lowest BCUT2D eigenvalue weighted by Crippen LogP contribution is -2.02. The summed E-state index contributed by atoms with van der Waals surface area (Å²) in [5.41, 5.74) is 15.7. The third kappa shape index (κ3) is 6.44. The van der Waals surface area contributed by atoms with Gasteiger partial charge in [0, 0.05) is 88.5 Å². The van der Waals surface area contributed by atoms with Crippen LogP contribution in [0.5, 0.6) is 0 Å². The first-order valence-electron chi connectivity index (χ1n) is 25.4. The van der Waals surface area contributed by atoms with Gasteiger partial charge in [0.2, 0.25) is 0 Å². The van der Waals surface area contributed by atoms with Crippen LogP contribution in [0.1, 0.15) is 0 Å². The molecule has 0 saturated carbocycles. The summed E-state index contributed by atoms with van der Waals surface area (Å²) < 4.78 is 18.4. The van der Waals surface area contributed by atoms with Crippen LogP contribution in [-0.2, 0) is 0 Å². The molecule has 76 heavy (non-hydrogen) atoms. The van der Waals surface area contributed by atoms with Gasteiger partial charge in [-0.2, -0.15) is 0 Å². The van der Waals surface area contributed by atoms with Crippen LogP contribution in [-0.4, -0.2) is 29.1 Å². The second-order valence-electron chi connectivity index (χ2n) is 19.3. The van der Waals surface area contributed by atoms with E-state index in [-0.39, 0.29) is 0 Å². The van der Waals surface area contributed by atoms with Gasteiger partial charge in [-0.05, 0) is 84.4 Å². The van der Waals surface area contributed by atoms with E-state index in [2.05, 4.69) is 173 Å². The van der Waals surface area contributed by atoms with Crippen molar-refractivity contribution < 1.29 is 8.83 Å². The molecular weight excluding hydrogens is 933 g/mol. The van der Waals surface area contributed by atoms with Crippen LogP contribution in [0.4, 0.5) is 0 Å².